The van der Waals surface area contributed by atoms with Crippen molar-refractivity contribution in [3.05, 3.63) is 0 Å². The molecule has 0 aromatic rings. The number of aliphatic hydroxyl groups excluding tert-OH is 5. The molecule has 1 rings (SSSR count). The molecule has 0 radical (unpaired) electrons. The average molecular weight is 195 g/mol. The lowest BCUT2D eigenvalue weighted by Gasteiger charge is -2.40. The second-order valence-corrected chi connectivity index (χ2v) is 3.05. The zero-order valence-corrected chi connectivity index (χ0v) is 6.69. The summed E-state index contributed by atoms with van der Waals surface area (Å²) < 4.78 is 0. The van der Waals surface area contributed by atoms with Gasteiger partial charge in [0.25, 0.3) is 0 Å². The normalized spacial score (nSPS) is 52.2. The molecule has 0 bridgehead atoms. The van der Waals surface area contributed by atoms with Crippen molar-refractivity contribution in [1.82, 2.24) is 0 Å². The molecule has 0 aromatic heterocycles. The van der Waals surface area contributed by atoms with Gasteiger partial charge in [-0.25, -0.2) is 5.90 Å². The first-order chi connectivity index (χ1) is 6.00. The molecule has 78 valence electrons. The van der Waals surface area contributed by atoms with Crippen LogP contribution >= 0.6 is 0 Å². The van der Waals surface area contributed by atoms with E-state index in [1.54, 1.807) is 0 Å². The van der Waals surface area contributed by atoms with Crippen LogP contribution in [0.2, 0.25) is 0 Å². The topological polar surface area (TPSA) is 136 Å². The first kappa shape index (κ1) is 10.8. The first-order valence-corrected chi connectivity index (χ1v) is 3.76. The van der Waals surface area contributed by atoms with Gasteiger partial charge in [-0.1, -0.05) is 0 Å². The third-order valence-corrected chi connectivity index (χ3v) is 2.23. The molecular formula is C6H13NO6. The molecule has 1 fully saturated rings. The summed E-state index contributed by atoms with van der Waals surface area (Å²) in [5.74, 6) is 4.73. The molecule has 0 heterocycles. The van der Waals surface area contributed by atoms with Crippen molar-refractivity contribution in [2.45, 2.75) is 36.6 Å². The lowest BCUT2D eigenvalue weighted by Crippen LogP contribution is -2.64. The van der Waals surface area contributed by atoms with Crippen molar-refractivity contribution in [3.63, 3.8) is 0 Å². The van der Waals surface area contributed by atoms with Crippen LogP contribution < -0.4 is 5.90 Å². The van der Waals surface area contributed by atoms with E-state index >= 15 is 0 Å². The molecule has 1 saturated carbocycles. The molecule has 0 spiro atoms. The van der Waals surface area contributed by atoms with Gasteiger partial charge in [0.05, 0.1) is 0 Å². The molecular weight excluding hydrogens is 182 g/mol. The van der Waals surface area contributed by atoms with E-state index in [0.29, 0.717) is 0 Å². The van der Waals surface area contributed by atoms with Gasteiger partial charge < -0.3 is 25.5 Å². The highest BCUT2D eigenvalue weighted by Gasteiger charge is 2.48. The number of nitrogens with two attached hydrogens (primary N) is 1. The predicted molar refractivity (Wildman–Crippen MR) is 39.1 cm³/mol. The SMILES string of the molecule is NOC1[C@@H](O)[C@H](O)C(O)[C@H](O)[C@H]1O. The third kappa shape index (κ3) is 1.67. The van der Waals surface area contributed by atoms with Crippen LogP contribution in [0.3, 0.4) is 0 Å². The highest BCUT2D eigenvalue weighted by atomic mass is 16.6. The van der Waals surface area contributed by atoms with E-state index < -0.39 is 36.6 Å². The molecule has 7 nitrogen and oxygen atoms in total. The van der Waals surface area contributed by atoms with Gasteiger partial charge in [-0.3, -0.25) is 4.84 Å². The zero-order chi connectivity index (χ0) is 10.2. The second-order valence-electron chi connectivity index (χ2n) is 3.05. The Kier molecular flexibility index (Phi) is 3.19. The van der Waals surface area contributed by atoms with Crippen molar-refractivity contribution in [2.24, 2.45) is 5.90 Å². The standard InChI is InChI=1S/C6H13NO6/c7-13-6-4(11)2(9)1(8)3(10)5(6)12/h1-6,8-12H,7H2/t1?,2-,3+,4+,5-,6?. The predicted octanol–water partition coefficient (Wildman–Crippen LogP) is -3.94. The van der Waals surface area contributed by atoms with Crippen molar-refractivity contribution >= 4 is 0 Å². The Morgan fingerprint density at radius 1 is 0.692 bits per heavy atom. The minimum atomic E-state index is -1.61. The fourth-order valence-electron chi connectivity index (χ4n) is 1.36. The lowest BCUT2D eigenvalue weighted by molar-refractivity contribution is -0.236. The minimum Gasteiger partial charge on any atom is -0.387 e. The van der Waals surface area contributed by atoms with E-state index in [1.807, 2.05) is 0 Å². The Balaban J connectivity index is 2.79. The van der Waals surface area contributed by atoms with E-state index in [9.17, 15) is 10.2 Å². The smallest absolute Gasteiger partial charge is 0.136 e. The van der Waals surface area contributed by atoms with E-state index in [1.165, 1.54) is 0 Å². The lowest BCUT2D eigenvalue weighted by atomic mass is 9.85. The molecule has 7 N–H and O–H groups in total. The Morgan fingerprint density at radius 3 is 1.31 bits per heavy atom. The Morgan fingerprint density at radius 2 is 1.00 bits per heavy atom. The van der Waals surface area contributed by atoms with Crippen LogP contribution in [0.25, 0.3) is 0 Å². The van der Waals surface area contributed by atoms with Crippen LogP contribution in [0.4, 0.5) is 0 Å². The quantitative estimate of drug-likeness (QED) is 0.235. The van der Waals surface area contributed by atoms with Crippen LogP contribution in [0.1, 0.15) is 0 Å². The van der Waals surface area contributed by atoms with Gasteiger partial charge in [0, 0.05) is 0 Å². The first-order valence-electron chi connectivity index (χ1n) is 3.76. The Hall–Kier alpha value is -0.280. The van der Waals surface area contributed by atoms with E-state index in [4.69, 9.17) is 21.2 Å². The summed E-state index contributed by atoms with van der Waals surface area (Å²) in [6.07, 6.45) is -9.17. The van der Waals surface area contributed by atoms with Crippen LogP contribution in [0, 0.1) is 0 Å². The summed E-state index contributed by atoms with van der Waals surface area (Å²) in [6, 6.07) is 0. The maximum absolute atomic E-state index is 9.21. The molecule has 13 heavy (non-hydrogen) atoms. The monoisotopic (exact) mass is 195 g/mol. The summed E-state index contributed by atoms with van der Waals surface area (Å²) in [6.45, 7) is 0. The number of hydrogen-bond acceptors (Lipinski definition) is 7. The molecule has 7 heteroatoms. The van der Waals surface area contributed by atoms with E-state index in [-0.39, 0.29) is 0 Å². The van der Waals surface area contributed by atoms with Crippen molar-refractivity contribution < 1.29 is 30.4 Å². The van der Waals surface area contributed by atoms with Crippen LogP contribution in [-0.2, 0) is 4.84 Å². The van der Waals surface area contributed by atoms with E-state index in [2.05, 4.69) is 4.84 Å². The third-order valence-electron chi connectivity index (χ3n) is 2.23. The summed E-state index contributed by atoms with van der Waals surface area (Å²) in [5.41, 5.74) is 0. The fourth-order valence-corrected chi connectivity index (χ4v) is 1.36. The van der Waals surface area contributed by atoms with Crippen LogP contribution in [0.5, 0.6) is 0 Å². The molecule has 0 amide bonds. The summed E-state index contributed by atoms with van der Waals surface area (Å²) >= 11 is 0. The molecule has 0 saturated heterocycles. The van der Waals surface area contributed by atoms with Gasteiger partial charge in [-0.15, -0.1) is 0 Å². The Labute approximate surface area is 73.9 Å². The van der Waals surface area contributed by atoms with Gasteiger partial charge in [0.1, 0.15) is 36.6 Å². The molecule has 1 aliphatic carbocycles. The summed E-state index contributed by atoms with van der Waals surface area (Å²) in [5, 5.41) is 45.8. The zero-order valence-electron chi connectivity index (χ0n) is 6.69. The molecule has 0 aliphatic heterocycles. The maximum atomic E-state index is 9.21. The largest absolute Gasteiger partial charge is 0.387 e. The summed E-state index contributed by atoms with van der Waals surface area (Å²) in [4.78, 5) is 4.17. The van der Waals surface area contributed by atoms with Gasteiger partial charge in [0.2, 0.25) is 0 Å². The Bertz CT molecular complexity index is 163. The second kappa shape index (κ2) is 3.84. The van der Waals surface area contributed by atoms with Crippen molar-refractivity contribution in [2.75, 3.05) is 0 Å². The maximum Gasteiger partial charge on any atom is 0.136 e. The molecule has 1 aliphatic rings. The highest BCUT2D eigenvalue weighted by Crippen LogP contribution is 2.22. The van der Waals surface area contributed by atoms with Gasteiger partial charge in [-0.05, 0) is 0 Å². The molecule has 2 unspecified atom stereocenters. The number of aliphatic hydroxyl groups is 5. The van der Waals surface area contributed by atoms with Crippen LogP contribution in [-0.4, -0.2) is 62.2 Å². The van der Waals surface area contributed by atoms with E-state index in [0.717, 1.165) is 0 Å². The average Bonchev–Trinajstić information content (AvgIpc) is 2.13. The van der Waals surface area contributed by atoms with Gasteiger partial charge in [-0.2, -0.15) is 0 Å². The van der Waals surface area contributed by atoms with Gasteiger partial charge in [0.15, 0.2) is 0 Å². The highest BCUT2D eigenvalue weighted by molar-refractivity contribution is 4.98. The van der Waals surface area contributed by atoms with Crippen molar-refractivity contribution in [1.29, 1.82) is 0 Å². The molecule has 0 aromatic carbocycles. The van der Waals surface area contributed by atoms with Crippen molar-refractivity contribution in [3.8, 4) is 0 Å². The number of hydrogen-bond donors (Lipinski definition) is 6. The molecule has 6 atom stereocenters. The van der Waals surface area contributed by atoms with Gasteiger partial charge >= 0.3 is 0 Å². The van der Waals surface area contributed by atoms with Crippen LogP contribution in [0.15, 0.2) is 0 Å². The fraction of sp³-hybridized carbons (Fsp3) is 1.00. The summed E-state index contributed by atoms with van der Waals surface area (Å²) in [7, 11) is 0. The number of rotatable bonds is 1. The minimum absolute atomic E-state index is 1.31.